The maximum atomic E-state index is 11.2. The van der Waals surface area contributed by atoms with Gasteiger partial charge in [0.05, 0.1) is 12.2 Å². The molecule has 0 aliphatic heterocycles. The number of hydrogen-bond donors (Lipinski definition) is 2. The van der Waals surface area contributed by atoms with Gasteiger partial charge in [-0.3, -0.25) is 14.7 Å². The smallest absolute Gasteiger partial charge is 0.231 e. The molecule has 0 atom stereocenters. The summed E-state index contributed by atoms with van der Waals surface area (Å²) in [6.45, 7) is 1.40. The third-order valence-electron chi connectivity index (χ3n) is 2.88. The first-order chi connectivity index (χ1) is 9.63. The van der Waals surface area contributed by atoms with Crippen LogP contribution < -0.4 is 11.5 Å². The maximum Gasteiger partial charge on any atom is 0.231 e. The quantitative estimate of drug-likeness (QED) is 0.771. The van der Waals surface area contributed by atoms with E-state index in [2.05, 4.69) is 4.98 Å². The fourth-order valence-corrected chi connectivity index (χ4v) is 1.99. The Hall–Kier alpha value is -2.40. The maximum absolute atomic E-state index is 11.2. The van der Waals surface area contributed by atoms with Gasteiger partial charge in [0.1, 0.15) is 0 Å². The Morgan fingerprint density at radius 2 is 1.85 bits per heavy atom. The Bertz CT molecular complexity index is 554. The number of nitrogen functional groups attached to an aromatic ring is 1. The molecule has 0 bridgehead atoms. The molecule has 0 radical (unpaired) electrons. The van der Waals surface area contributed by atoms with Crippen LogP contribution in [0.4, 0.5) is 5.69 Å². The van der Waals surface area contributed by atoms with Gasteiger partial charge in [-0.1, -0.05) is 18.2 Å². The zero-order valence-electron chi connectivity index (χ0n) is 11.2. The van der Waals surface area contributed by atoms with Crippen molar-refractivity contribution in [1.29, 1.82) is 0 Å². The average Bonchev–Trinajstić information content (AvgIpc) is 2.42. The Kier molecular flexibility index (Phi) is 4.68. The number of amides is 1. The predicted octanol–water partition coefficient (Wildman–Crippen LogP) is 1.15. The first-order valence-corrected chi connectivity index (χ1v) is 6.38. The molecule has 0 spiro atoms. The monoisotopic (exact) mass is 270 g/mol. The van der Waals surface area contributed by atoms with E-state index in [4.69, 9.17) is 11.5 Å². The zero-order chi connectivity index (χ0) is 14.4. The van der Waals surface area contributed by atoms with Crippen molar-refractivity contribution in [3.05, 3.63) is 59.9 Å². The number of primary amides is 1. The van der Waals surface area contributed by atoms with Crippen LogP contribution in [0.1, 0.15) is 11.3 Å². The van der Waals surface area contributed by atoms with Crippen LogP contribution in [0.5, 0.6) is 0 Å². The van der Waals surface area contributed by atoms with Gasteiger partial charge >= 0.3 is 0 Å². The molecule has 1 heterocycles. The fourth-order valence-electron chi connectivity index (χ4n) is 1.99. The molecule has 104 valence electrons. The number of carbonyl (C=O) groups excluding carboxylic acids is 1. The van der Waals surface area contributed by atoms with Crippen LogP contribution in [0.2, 0.25) is 0 Å². The first-order valence-electron chi connectivity index (χ1n) is 6.38. The molecule has 0 fully saturated rings. The Labute approximate surface area is 118 Å². The van der Waals surface area contributed by atoms with E-state index in [-0.39, 0.29) is 12.5 Å². The molecule has 5 nitrogen and oxygen atoms in total. The van der Waals surface area contributed by atoms with Gasteiger partial charge in [-0.2, -0.15) is 0 Å². The second-order valence-corrected chi connectivity index (χ2v) is 4.67. The standard InChI is InChI=1S/C15H18N4O/c16-13-6-4-12(5-7-13)9-19(11-15(17)20)10-14-3-1-2-8-18-14/h1-8H,9-11,16H2,(H2,17,20). The van der Waals surface area contributed by atoms with Crippen molar-refractivity contribution >= 4 is 11.6 Å². The molecule has 1 aromatic heterocycles. The van der Waals surface area contributed by atoms with Crippen molar-refractivity contribution in [2.24, 2.45) is 5.73 Å². The van der Waals surface area contributed by atoms with Crippen molar-refractivity contribution in [2.45, 2.75) is 13.1 Å². The fraction of sp³-hybridized carbons (Fsp3) is 0.200. The summed E-state index contributed by atoms with van der Waals surface area (Å²) in [6.07, 6.45) is 1.74. The number of nitrogens with two attached hydrogens (primary N) is 2. The van der Waals surface area contributed by atoms with E-state index in [9.17, 15) is 4.79 Å². The summed E-state index contributed by atoms with van der Waals surface area (Å²) in [4.78, 5) is 17.4. The number of hydrogen-bond acceptors (Lipinski definition) is 4. The molecule has 5 heteroatoms. The Morgan fingerprint density at radius 1 is 1.10 bits per heavy atom. The summed E-state index contributed by atoms with van der Waals surface area (Å²) in [5.41, 5.74) is 13.7. The minimum absolute atomic E-state index is 0.195. The lowest BCUT2D eigenvalue weighted by molar-refractivity contribution is -0.119. The third kappa shape index (κ3) is 4.37. The van der Waals surface area contributed by atoms with Gasteiger partial charge in [-0.15, -0.1) is 0 Å². The molecule has 20 heavy (non-hydrogen) atoms. The van der Waals surface area contributed by atoms with Crippen LogP contribution >= 0.6 is 0 Å². The van der Waals surface area contributed by atoms with E-state index in [0.717, 1.165) is 16.9 Å². The van der Waals surface area contributed by atoms with Crippen molar-refractivity contribution in [3.63, 3.8) is 0 Å². The van der Waals surface area contributed by atoms with Crippen LogP contribution in [0.25, 0.3) is 0 Å². The molecule has 2 rings (SSSR count). The average molecular weight is 270 g/mol. The second kappa shape index (κ2) is 6.68. The summed E-state index contributed by atoms with van der Waals surface area (Å²) in [7, 11) is 0. The van der Waals surface area contributed by atoms with E-state index in [0.29, 0.717) is 13.1 Å². The minimum atomic E-state index is -0.351. The Balaban J connectivity index is 2.07. The van der Waals surface area contributed by atoms with Gasteiger partial charge in [-0.05, 0) is 29.8 Å². The van der Waals surface area contributed by atoms with Crippen LogP contribution in [0.15, 0.2) is 48.7 Å². The van der Waals surface area contributed by atoms with E-state index in [1.807, 2.05) is 47.4 Å². The van der Waals surface area contributed by atoms with Crippen molar-refractivity contribution < 1.29 is 4.79 Å². The summed E-state index contributed by atoms with van der Waals surface area (Å²) >= 11 is 0. The molecule has 4 N–H and O–H groups in total. The molecule has 0 saturated heterocycles. The number of aromatic nitrogens is 1. The number of rotatable bonds is 6. The number of anilines is 1. The summed E-state index contributed by atoms with van der Waals surface area (Å²) in [5, 5.41) is 0. The molecular weight excluding hydrogens is 252 g/mol. The van der Waals surface area contributed by atoms with Crippen molar-refractivity contribution in [3.8, 4) is 0 Å². The number of carbonyl (C=O) groups is 1. The van der Waals surface area contributed by atoms with Gasteiger partial charge in [0.25, 0.3) is 0 Å². The first kappa shape index (κ1) is 14.0. The number of benzene rings is 1. The van der Waals surface area contributed by atoms with Crippen LogP contribution in [-0.2, 0) is 17.9 Å². The SMILES string of the molecule is NC(=O)CN(Cc1ccc(N)cc1)Cc1ccccn1. The van der Waals surface area contributed by atoms with Gasteiger partial charge in [0, 0.05) is 25.0 Å². The minimum Gasteiger partial charge on any atom is -0.399 e. The molecular formula is C15H18N4O. The molecule has 0 aliphatic carbocycles. The lowest BCUT2D eigenvalue weighted by Crippen LogP contribution is -2.33. The van der Waals surface area contributed by atoms with Gasteiger partial charge in [-0.25, -0.2) is 0 Å². The van der Waals surface area contributed by atoms with E-state index in [1.54, 1.807) is 6.20 Å². The highest BCUT2D eigenvalue weighted by atomic mass is 16.1. The molecule has 1 amide bonds. The highest BCUT2D eigenvalue weighted by molar-refractivity contribution is 5.75. The number of nitrogens with zero attached hydrogens (tertiary/aromatic N) is 2. The molecule has 0 saturated carbocycles. The molecule has 0 aliphatic rings. The van der Waals surface area contributed by atoms with Crippen LogP contribution in [-0.4, -0.2) is 22.3 Å². The number of pyridine rings is 1. The second-order valence-electron chi connectivity index (χ2n) is 4.67. The highest BCUT2D eigenvalue weighted by Gasteiger charge is 2.10. The lowest BCUT2D eigenvalue weighted by Gasteiger charge is -2.20. The highest BCUT2D eigenvalue weighted by Crippen LogP contribution is 2.10. The molecule has 2 aromatic rings. The largest absolute Gasteiger partial charge is 0.399 e. The van der Waals surface area contributed by atoms with E-state index < -0.39 is 0 Å². The summed E-state index contributed by atoms with van der Waals surface area (Å²) in [5.74, 6) is -0.351. The molecule has 1 aromatic carbocycles. The topological polar surface area (TPSA) is 85.2 Å². The summed E-state index contributed by atoms with van der Waals surface area (Å²) < 4.78 is 0. The summed E-state index contributed by atoms with van der Waals surface area (Å²) in [6, 6.07) is 13.3. The zero-order valence-corrected chi connectivity index (χ0v) is 11.2. The van der Waals surface area contributed by atoms with Gasteiger partial charge < -0.3 is 11.5 Å². The Morgan fingerprint density at radius 3 is 2.45 bits per heavy atom. The predicted molar refractivity (Wildman–Crippen MR) is 78.4 cm³/mol. The van der Waals surface area contributed by atoms with Crippen LogP contribution in [0, 0.1) is 0 Å². The van der Waals surface area contributed by atoms with Crippen molar-refractivity contribution in [2.75, 3.05) is 12.3 Å². The molecule has 0 unspecified atom stereocenters. The lowest BCUT2D eigenvalue weighted by atomic mass is 10.2. The van der Waals surface area contributed by atoms with Gasteiger partial charge in [0.2, 0.25) is 5.91 Å². The normalized spacial score (nSPS) is 10.7. The van der Waals surface area contributed by atoms with Gasteiger partial charge in [0.15, 0.2) is 0 Å². The van der Waals surface area contributed by atoms with Crippen LogP contribution in [0.3, 0.4) is 0 Å². The third-order valence-corrected chi connectivity index (χ3v) is 2.88. The van der Waals surface area contributed by atoms with Crippen molar-refractivity contribution in [1.82, 2.24) is 9.88 Å². The van der Waals surface area contributed by atoms with E-state index >= 15 is 0 Å². The van der Waals surface area contributed by atoms with E-state index in [1.165, 1.54) is 0 Å².